The number of fused-ring (bicyclic) bond motifs is 1. The van der Waals surface area contributed by atoms with Crippen LogP contribution in [-0.4, -0.2) is 24.5 Å². The molecule has 0 aromatic carbocycles. The van der Waals surface area contributed by atoms with Crippen molar-refractivity contribution in [3.05, 3.63) is 36.0 Å². The van der Waals surface area contributed by atoms with Gasteiger partial charge in [-0.05, 0) is 23.7 Å². The van der Waals surface area contributed by atoms with Crippen LogP contribution in [0.15, 0.2) is 30.7 Å². The molecule has 0 bridgehead atoms. The number of nitrogens with one attached hydrogen (secondary N) is 1. The molecule has 0 fully saturated rings. The molecule has 0 radical (unpaired) electrons. The van der Waals surface area contributed by atoms with Crippen LogP contribution in [0.25, 0.3) is 17.0 Å². The Labute approximate surface area is 107 Å². The zero-order chi connectivity index (χ0) is 12.5. The van der Waals surface area contributed by atoms with Crippen molar-refractivity contribution in [2.24, 2.45) is 5.84 Å². The van der Waals surface area contributed by atoms with Gasteiger partial charge in [0, 0.05) is 6.20 Å². The lowest BCUT2D eigenvalue weighted by molar-refractivity contribution is 1.00. The molecule has 0 aliphatic heterocycles. The summed E-state index contributed by atoms with van der Waals surface area (Å²) in [5.74, 6) is 6.44. The van der Waals surface area contributed by atoms with Gasteiger partial charge in [-0.2, -0.15) is 9.97 Å². The van der Waals surface area contributed by atoms with Gasteiger partial charge in [-0.15, -0.1) is 0 Å². The molecule has 0 aliphatic rings. The number of nitrogen functional groups attached to an aromatic ring is 1. The topological polar surface area (TPSA) is 94.5 Å². The molecule has 3 aromatic heterocycles. The highest BCUT2D eigenvalue weighted by molar-refractivity contribution is 6.28. The third-order valence-electron chi connectivity index (χ3n) is 2.40. The highest BCUT2D eigenvalue weighted by atomic mass is 35.5. The maximum atomic E-state index is 5.84. The van der Waals surface area contributed by atoms with Crippen molar-refractivity contribution in [2.75, 3.05) is 5.43 Å². The molecule has 0 aliphatic carbocycles. The number of hydrogen-bond acceptors (Lipinski definition) is 6. The van der Waals surface area contributed by atoms with Gasteiger partial charge in [-0.3, -0.25) is 4.57 Å². The Morgan fingerprint density at radius 3 is 2.83 bits per heavy atom. The van der Waals surface area contributed by atoms with Gasteiger partial charge < -0.3 is 5.43 Å². The minimum atomic E-state index is 0.0909. The highest BCUT2D eigenvalue weighted by Gasteiger charge is 2.13. The quantitative estimate of drug-likeness (QED) is 0.408. The molecule has 3 aromatic rings. The fourth-order valence-electron chi connectivity index (χ4n) is 1.64. The molecular weight excluding hydrogens is 254 g/mol. The van der Waals surface area contributed by atoms with E-state index in [0.717, 1.165) is 0 Å². The van der Waals surface area contributed by atoms with Crippen LogP contribution in [-0.2, 0) is 0 Å². The largest absolute Gasteiger partial charge is 0.306 e. The van der Waals surface area contributed by atoms with Crippen molar-refractivity contribution in [1.82, 2.24) is 24.5 Å². The second-order valence-electron chi connectivity index (χ2n) is 3.46. The lowest BCUT2D eigenvalue weighted by Gasteiger charge is -2.03. The summed E-state index contributed by atoms with van der Waals surface area (Å²) in [6.07, 6.45) is 3.28. The molecule has 0 spiro atoms. The number of aromatic nitrogens is 5. The lowest BCUT2D eigenvalue weighted by atomic mass is 10.4. The maximum Gasteiger partial charge on any atom is 0.226 e. The molecule has 0 saturated carbocycles. The van der Waals surface area contributed by atoms with E-state index >= 15 is 0 Å². The van der Waals surface area contributed by atoms with E-state index in [1.54, 1.807) is 17.1 Å². The number of halogens is 1. The van der Waals surface area contributed by atoms with Crippen LogP contribution >= 0.6 is 11.6 Å². The number of pyridine rings is 1. The molecule has 0 saturated heterocycles. The standard InChI is InChI=1S/C10H8ClN7/c11-10-15-8(17-12)7-9(16-10)18(5-14-7)6-3-1-2-4-13-6/h1-5H,12H2,(H,15,16,17). The molecule has 18 heavy (non-hydrogen) atoms. The van der Waals surface area contributed by atoms with Crippen molar-refractivity contribution in [3.63, 3.8) is 0 Å². The molecule has 3 heterocycles. The van der Waals surface area contributed by atoms with Crippen LogP contribution in [0.5, 0.6) is 0 Å². The third kappa shape index (κ3) is 1.66. The van der Waals surface area contributed by atoms with Crippen molar-refractivity contribution in [2.45, 2.75) is 0 Å². The first-order valence-corrected chi connectivity index (χ1v) is 5.46. The average molecular weight is 262 g/mol. The summed E-state index contributed by atoms with van der Waals surface area (Å²) in [4.78, 5) is 16.5. The molecule has 0 atom stereocenters. The van der Waals surface area contributed by atoms with E-state index in [2.05, 4.69) is 25.4 Å². The number of nitrogens with two attached hydrogens (primary N) is 1. The summed E-state index contributed by atoms with van der Waals surface area (Å²) >= 11 is 5.84. The van der Waals surface area contributed by atoms with Gasteiger partial charge in [-0.1, -0.05) is 6.07 Å². The van der Waals surface area contributed by atoms with Crippen LogP contribution < -0.4 is 11.3 Å². The van der Waals surface area contributed by atoms with Crippen molar-refractivity contribution in [3.8, 4) is 5.82 Å². The second kappa shape index (κ2) is 4.21. The molecule has 3 rings (SSSR count). The van der Waals surface area contributed by atoms with Crippen LogP contribution in [0.1, 0.15) is 0 Å². The molecule has 3 N–H and O–H groups in total. The van der Waals surface area contributed by atoms with Gasteiger partial charge in [0.15, 0.2) is 17.0 Å². The van der Waals surface area contributed by atoms with E-state index in [0.29, 0.717) is 22.8 Å². The zero-order valence-corrected chi connectivity index (χ0v) is 9.83. The Bertz CT molecular complexity index is 694. The van der Waals surface area contributed by atoms with Gasteiger partial charge in [0.05, 0.1) is 0 Å². The predicted molar refractivity (Wildman–Crippen MR) is 67.3 cm³/mol. The second-order valence-corrected chi connectivity index (χ2v) is 3.80. The van der Waals surface area contributed by atoms with E-state index in [1.807, 2.05) is 18.2 Å². The van der Waals surface area contributed by atoms with Crippen LogP contribution in [0, 0.1) is 0 Å². The van der Waals surface area contributed by atoms with Crippen molar-refractivity contribution >= 4 is 28.6 Å². The molecule has 0 amide bonds. The number of anilines is 1. The normalized spacial score (nSPS) is 10.8. The minimum absolute atomic E-state index is 0.0909. The summed E-state index contributed by atoms with van der Waals surface area (Å²) in [5, 5.41) is 0.0909. The fraction of sp³-hybridized carbons (Fsp3) is 0. The summed E-state index contributed by atoms with van der Waals surface area (Å²) in [5.41, 5.74) is 3.52. The number of hydrazine groups is 1. The van der Waals surface area contributed by atoms with E-state index in [1.165, 1.54) is 0 Å². The SMILES string of the molecule is NNc1nc(Cl)nc2c1ncn2-c1ccccn1. The third-order valence-corrected chi connectivity index (χ3v) is 2.57. The van der Waals surface area contributed by atoms with Gasteiger partial charge in [0.2, 0.25) is 5.28 Å². The van der Waals surface area contributed by atoms with Crippen molar-refractivity contribution < 1.29 is 0 Å². The maximum absolute atomic E-state index is 5.84. The van der Waals surface area contributed by atoms with Gasteiger partial charge >= 0.3 is 0 Å². The molecule has 7 nitrogen and oxygen atoms in total. The molecular formula is C10H8ClN7. The summed E-state index contributed by atoms with van der Waals surface area (Å²) < 4.78 is 1.71. The van der Waals surface area contributed by atoms with E-state index in [9.17, 15) is 0 Å². The van der Waals surface area contributed by atoms with E-state index in [-0.39, 0.29) is 5.28 Å². The monoisotopic (exact) mass is 261 g/mol. The number of nitrogens with zero attached hydrogens (tertiary/aromatic N) is 5. The Morgan fingerprint density at radius 1 is 1.22 bits per heavy atom. The Hall–Kier alpha value is -2.25. The Morgan fingerprint density at radius 2 is 2.11 bits per heavy atom. The van der Waals surface area contributed by atoms with Gasteiger partial charge in [-0.25, -0.2) is 15.8 Å². The first-order valence-electron chi connectivity index (χ1n) is 5.08. The number of imidazole rings is 1. The molecule has 8 heteroatoms. The van der Waals surface area contributed by atoms with Crippen LogP contribution in [0.2, 0.25) is 5.28 Å². The zero-order valence-electron chi connectivity index (χ0n) is 9.08. The smallest absolute Gasteiger partial charge is 0.226 e. The number of hydrogen-bond donors (Lipinski definition) is 2. The van der Waals surface area contributed by atoms with Crippen LogP contribution in [0.4, 0.5) is 5.82 Å². The fourth-order valence-corrected chi connectivity index (χ4v) is 1.80. The Balaban J connectivity index is 2.30. The summed E-state index contributed by atoms with van der Waals surface area (Å²) in [6, 6.07) is 5.54. The Kier molecular flexibility index (Phi) is 2.54. The van der Waals surface area contributed by atoms with E-state index < -0.39 is 0 Å². The number of rotatable bonds is 2. The summed E-state index contributed by atoms with van der Waals surface area (Å²) in [6.45, 7) is 0. The van der Waals surface area contributed by atoms with Gasteiger partial charge in [0.1, 0.15) is 12.1 Å². The minimum Gasteiger partial charge on any atom is -0.306 e. The average Bonchev–Trinajstić information content (AvgIpc) is 2.82. The molecule has 90 valence electrons. The molecule has 0 unspecified atom stereocenters. The van der Waals surface area contributed by atoms with Crippen LogP contribution in [0.3, 0.4) is 0 Å². The van der Waals surface area contributed by atoms with Crippen molar-refractivity contribution in [1.29, 1.82) is 0 Å². The van der Waals surface area contributed by atoms with E-state index in [4.69, 9.17) is 17.4 Å². The highest BCUT2D eigenvalue weighted by Crippen LogP contribution is 2.21. The first-order chi connectivity index (χ1) is 8.79. The first kappa shape index (κ1) is 10.9. The lowest BCUT2D eigenvalue weighted by Crippen LogP contribution is -2.10. The summed E-state index contributed by atoms with van der Waals surface area (Å²) in [7, 11) is 0. The predicted octanol–water partition coefficient (Wildman–Crippen LogP) is 1.15. The van der Waals surface area contributed by atoms with Gasteiger partial charge in [0.25, 0.3) is 0 Å².